The number of rotatable bonds is 8. The Kier molecular flexibility index (Phi) is 7.54. The van der Waals surface area contributed by atoms with E-state index in [1.807, 2.05) is 13.8 Å². The van der Waals surface area contributed by atoms with Crippen molar-refractivity contribution in [2.24, 2.45) is 5.92 Å². The van der Waals surface area contributed by atoms with E-state index in [1.54, 1.807) is 0 Å². The fourth-order valence-electron chi connectivity index (χ4n) is 2.12. The Morgan fingerprint density at radius 3 is 2.55 bits per heavy atom. The van der Waals surface area contributed by atoms with Crippen LogP contribution in [0.5, 0.6) is 0 Å². The summed E-state index contributed by atoms with van der Waals surface area (Å²) in [5.41, 5.74) is 0. The predicted molar refractivity (Wildman–Crippen MR) is 73.4 cm³/mol. The molecule has 1 aliphatic rings. The van der Waals surface area contributed by atoms with Crippen LogP contribution in [0, 0.1) is 5.92 Å². The molecule has 0 spiro atoms. The third kappa shape index (κ3) is 6.86. The number of carbonyl (C=O) groups excluding carboxylic acids is 1. The second kappa shape index (κ2) is 8.92. The first kappa shape index (κ1) is 16.9. The maximum absolute atomic E-state index is 11.7. The van der Waals surface area contributed by atoms with Gasteiger partial charge in [-0.25, -0.2) is 4.79 Å². The van der Waals surface area contributed by atoms with Crippen LogP contribution in [0.3, 0.4) is 0 Å². The second-order valence-electron chi connectivity index (χ2n) is 5.52. The summed E-state index contributed by atoms with van der Waals surface area (Å²) < 4.78 is 10.8. The first-order valence-corrected chi connectivity index (χ1v) is 7.20. The van der Waals surface area contributed by atoms with Crippen LogP contribution in [0.15, 0.2) is 0 Å². The monoisotopic (exact) mass is 287 g/mol. The average Bonchev–Trinajstić information content (AvgIpc) is 2.38. The van der Waals surface area contributed by atoms with E-state index in [1.165, 1.54) is 0 Å². The molecule has 0 aromatic heterocycles. The number of aliphatic carboxylic acids is 1. The van der Waals surface area contributed by atoms with E-state index in [9.17, 15) is 9.59 Å². The first-order valence-electron chi connectivity index (χ1n) is 7.20. The van der Waals surface area contributed by atoms with Gasteiger partial charge in [0, 0.05) is 19.6 Å². The summed E-state index contributed by atoms with van der Waals surface area (Å²) in [6.07, 6.45) is 2.49. The van der Waals surface area contributed by atoms with Crippen LogP contribution < -0.4 is 5.32 Å². The Labute approximate surface area is 119 Å². The van der Waals surface area contributed by atoms with E-state index in [2.05, 4.69) is 5.32 Å². The van der Waals surface area contributed by atoms with Gasteiger partial charge in [0.2, 0.25) is 5.91 Å². The molecule has 0 bridgehead atoms. The number of carbonyl (C=O) groups is 2. The lowest BCUT2D eigenvalue weighted by Gasteiger charge is -2.22. The third-order valence-corrected chi connectivity index (χ3v) is 3.19. The molecule has 116 valence electrons. The van der Waals surface area contributed by atoms with Crippen LogP contribution in [0.2, 0.25) is 0 Å². The van der Waals surface area contributed by atoms with Gasteiger partial charge in [-0.3, -0.25) is 4.79 Å². The van der Waals surface area contributed by atoms with E-state index in [4.69, 9.17) is 14.6 Å². The minimum absolute atomic E-state index is 0.155. The number of ether oxygens (including phenoxy) is 2. The lowest BCUT2D eigenvalue weighted by Crippen LogP contribution is -2.42. The molecule has 0 saturated carbocycles. The van der Waals surface area contributed by atoms with Gasteiger partial charge in [0.05, 0.1) is 12.7 Å². The average molecular weight is 287 g/mol. The number of nitrogens with one attached hydrogen (secondary N) is 1. The Hall–Kier alpha value is -1.14. The largest absolute Gasteiger partial charge is 0.480 e. The van der Waals surface area contributed by atoms with Gasteiger partial charge in [-0.1, -0.05) is 13.8 Å². The van der Waals surface area contributed by atoms with Crippen LogP contribution in [0.1, 0.15) is 39.5 Å². The molecule has 2 N–H and O–H groups in total. The molecular formula is C14H25NO5. The number of carboxylic acids is 1. The lowest BCUT2D eigenvalue weighted by atomic mass is 10.0. The predicted octanol–water partition coefficient (Wildman–Crippen LogP) is 1.19. The molecule has 1 saturated heterocycles. The van der Waals surface area contributed by atoms with E-state index in [-0.39, 0.29) is 24.3 Å². The molecule has 1 atom stereocenters. The molecule has 0 unspecified atom stereocenters. The molecule has 0 radical (unpaired) electrons. The highest BCUT2D eigenvalue weighted by molar-refractivity contribution is 5.83. The molecule has 0 aliphatic carbocycles. The maximum atomic E-state index is 11.7. The van der Waals surface area contributed by atoms with Crippen molar-refractivity contribution in [1.29, 1.82) is 0 Å². The second-order valence-corrected chi connectivity index (χ2v) is 5.52. The zero-order valence-corrected chi connectivity index (χ0v) is 12.3. The van der Waals surface area contributed by atoms with Gasteiger partial charge < -0.3 is 19.9 Å². The first-order chi connectivity index (χ1) is 9.49. The molecule has 1 heterocycles. The van der Waals surface area contributed by atoms with Gasteiger partial charge in [0.25, 0.3) is 0 Å². The molecule has 1 rings (SSSR count). The van der Waals surface area contributed by atoms with Crippen LogP contribution in [0.4, 0.5) is 0 Å². The molecular weight excluding hydrogens is 262 g/mol. The van der Waals surface area contributed by atoms with Crippen molar-refractivity contribution in [2.75, 3.05) is 19.8 Å². The van der Waals surface area contributed by atoms with Crippen molar-refractivity contribution in [1.82, 2.24) is 5.32 Å². The summed E-state index contributed by atoms with van der Waals surface area (Å²) in [6, 6.07) is -0.814. The van der Waals surface area contributed by atoms with Crippen molar-refractivity contribution in [2.45, 2.75) is 51.7 Å². The van der Waals surface area contributed by atoms with Crippen molar-refractivity contribution >= 4 is 11.9 Å². The topological polar surface area (TPSA) is 84.9 Å². The van der Waals surface area contributed by atoms with Gasteiger partial charge in [-0.05, 0) is 25.2 Å². The van der Waals surface area contributed by atoms with Crippen molar-refractivity contribution in [3.63, 3.8) is 0 Å². The standard InChI is InChI=1S/C14H25NO5/c1-10(2)9-12(14(17)18)15-13(16)5-8-20-11-3-6-19-7-4-11/h10-12H,3-9H2,1-2H3,(H,15,16)(H,17,18)/t12-/m1/s1. The van der Waals surface area contributed by atoms with Gasteiger partial charge in [-0.2, -0.15) is 0 Å². The fourth-order valence-corrected chi connectivity index (χ4v) is 2.12. The SMILES string of the molecule is CC(C)C[C@@H](NC(=O)CCOC1CCOCC1)C(=O)O. The minimum Gasteiger partial charge on any atom is -0.480 e. The minimum atomic E-state index is -0.989. The summed E-state index contributed by atoms with van der Waals surface area (Å²) in [6.45, 7) is 5.58. The van der Waals surface area contributed by atoms with E-state index >= 15 is 0 Å². The van der Waals surface area contributed by atoms with Gasteiger partial charge in [0.1, 0.15) is 6.04 Å². The zero-order chi connectivity index (χ0) is 15.0. The summed E-state index contributed by atoms with van der Waals surface area (Å²) in [7, 11) is 0. The van der Waals surface area contributed by atoms with Crippen LogP contribution in [-0.2, 0) is 19.1 Å². The summed E-state index contributed by atoms with van der Waals surface area (Å²) in [4.78, 5) is 22.7. The number of carboxylic acid groups (broad SMARTS) is 1. The zero-order valence-electron chi connectivity index (χ0n) is 12.3. The van der Waals surface area contributed by atoms with Gasteiger partial charge in [0.15, 0.2) is 0 Å². The van der Waals surface area contributed by atoms with Crippen LogP contribution >= 0.6 is 0 Å². The van der Waals surface area contributed by atoms with Gasteiger partial charge >= 0.3 is 5.97 Å². The van der Waals surface area contributed by atoms with E-state index in [0.717, 1.165) is 12.8 Å². The molecule has 1 fully saturated rings. The smallest absolute Gasteiger partial charge is 0.326 e. The number of amides is 1. The summed E-state index contributed by atoms with van der Waals surface area (Å²) in [5, 5.41) is 11.6. The molecule has 0 aromatic carbocycles. The summed E-state index contributed by atoms with van der Waals surface area (Å²) in [5.74, 6) is -1.04. The molecule has 0 aromatic rings. The maximum Gasteiger partial charge on any atom is 0.326 e. The highest BCUT2D eigenvalue weighted by atomic mass is 16.5. The molecule has 6 heteroatoms. The van der Waals surface area contributed by atoms with E-state index in [0.29, 0.717) is 26.2 Å². The van der Waals surface area contributed by atoms with Crippen molar-refractivity contribution in [3.05, 3.63) is 0 Å². The summed E-state index contributed by atoms with van der Waals surface area (Å²) >= 11 is 0. The molecule has 1 aliphatic heterocycles. The Bertz CT molecular complexity index is 313. The Balaban J connectivity index is 2.21. The van der Waals surface area contributed by atoms with E-state index < -0.39 is 12.0 Å². The molecule has 1 amide bonds. The normalized spacial score (nSPS) is 17.9. The highest BCUT2D eigenvalue weighted by Crippen LogP contribution is 2.11. The third-order valence-electron chi connectivity index (χ3n) is 3.19. The van der Waals surface area contributed by atoms with Crippen LogP contribution in [0.25, 0.3) is 0 Å². The Morgan fingerprint density at radius 1 is 1.35 bits per heavy atom. The quantitative estimate of drug-likeness (QED) is 0.700. The van der Waals surface area contributed by atoms with Crippen LogP contribution in [-0.4, -0.2) is 48.9 Å². The fraction of sp³-hybridized carbons (Fsp3) is 0.857. The molecule has 20 heavy (non-hydrogen) atoms. The van der Waals surface area contributed by atoms with Gasteiger partial charge in [-0.15, -0.1) is 0 Å². The number of hydrogen-bond acceptors (Lipinski definition) is 4. The van der Waals surface area contributed by atoms with Crippen molar-refractivity contribution < 1.29 is 24.2 Å². The Morgan fingerprint density at radius 2 is 2.00 bits per heavy atom. The number of hydrogen-bond donors (Lipinski definition) is 2. The lowest BCUT2D eigenvalue weighted by molar-refractivity contribution is -0.142. The molecule has 6 nitrogen and oxygen atoms in total. The van der Waals surface area contributed by atoms with Crippen molar-refractivity contribution in [3.8, 4) is 0 Å². The highest BCUT2D eigenvalue weighted by Gasteiger charge is 2.21.